The second-order valence-electron chi connectivity index (χ2n) is 3.84. The Kier molecular flexibility index (Phi) is 6.43. The number of hydrogen-bond donors (Lipinski definition) is 1. The fraction of sp³-hybridized carbons (Fsp3) is 0.538. The van der Waals surface area contributed by atoms with Gasteiger partial charge in [0.05, 0.1) is 6.61 Å². The van der Waals surface area contributed by atoms with Crippen LogP contribution in [-0.4, -0.2) is 44.9 Å². The molecule has 4 heteroatoms. The molecule has 0 spiro atoms. The van der Waals surface area contributed by atoms with Gasteiger partial charge in [-0.15, -0.1) is 0 Å². The molecule has 0 aliphatic heterocycles. The van der Waals surface area contributed by atoms with Crippen LogP contribution in [0.3, 0.4) is 0 Å². The molecule has 0 amide bonds. The van der Waals surface area contributed by atoms with Gasteiger partial charge in [0.1, 0.15) is 12.4 Å². The highest BCUT2D eigenvalue weighted by molar-refractivity contribution is 5.41. The van der Waals surface area contributed by atoms with E-state index in [4.69, 9.17) is 15.2 Å². The van der Waals surface area contributed by atoms with E-state index in [1.54, 1.807) is 7.11 Å². The summed E-state index contributed by atoms with van der Waals surface area (Å²) in [7, 11) is 1.72. The fourth-order valence-corrected chi connectivity index (χ4v) is 1.51. The van der Waals surface area contributed by atoms with E-state index in [0.29, 0.717) is 6.61 Å². The molecule has 0 aliphatic rings. The van der Waals surface area contributed by atoms with Crippen molar-refractivity contribution >= 4 is 5.69 Å². The van der Waals surface area contributed by atoms with Gasteiger partial charge in [-0.3, -0.25) is 4.90 Å². The minimum atomic E-state index is 0.682. The van der Waals surface area contributed by atoms with Crippen LogP contribution in [0.2, 0.25) is 0 Å². The zero-order chi connectivity index (χ0) is 12.5. The zero-order valence-corrected chi connectivity index (χ0v) is 10.7. The number of ether oxygens (including phenoxy) is 2. The molecule has 1 aromatic rings. The van der Waals surface area contributed by atoms with Crippen molar-refractivity contribution in [2.24, 2.45) is 0 Å². The first kappa shape index (κ1) is 13.8. The Morgan fingerprint density at radius 3 is 2.35 bits per heavy atom. The van der Waals surface area contributed by atoms with Gasteiger partial charge in [-0.1, -0.05) is 6.92 Å². The van der Waals surface area contributed by atoms with E-state index >= 15 is 0 Å². The highest BCUT2D eigenvalue weighted by Gasteiger charge is 2.02. The molecule has 0 radical (unpaired) electrons. The minimum absolute atomic E-state index is 0.682. The molecule has 0 saturated heterocycles. The fourth-order valence-electron chi connectivity index (χ4n) is 1.51. The van der Waals surface area contributed by atoms with Crippen LogP contribution in [0.4, 0.5) is 5.69 Å². The van der Waals surface area contributed by atoms with Crippen LogP contribution in [0.15, 0.2) is 24.3 Å². The topological polar surface area (TPSA) is 47.7 Å². The number of hydrogen-bond acceptors (Lipinski definition) is 4. The van der Waals surface area contributed by atoms with Gasteiger partial charge < -0.3 is 15.2 Å². The Bertz CT molecular complexity index is 301. The van der Waals surface area contributed by atoms with Gasteiger partial charge >= 0.3 is 0 Å². The largest absolute Gasteiger partial charge is 0.492 e. The Labute approximate surface area is 103 Å². The summed E-state index contributed by atoms with van der Waals surface area (Å²) in [6.45, 7) is 6.44. The van der Waals surface area contributed by atoms with Crippen LogP contribution >= 0.6 is 0 Å². The molecule has 0 aliphatic carbocycles. The quantitative estimate of drug-likeness (QED) is 0.699. The molecule has 0 fully saturated rings. The Balaban J connectivity index is 2.23. The molecular formula is C13H22N2O2. The number of nitrogens with two attached hydrogens (primary N) is 1. The van der Waals surface area contributed by atoms with Crippen LogP contribution in [0.25, 0.3) is 0 Å². The van der Waals surface area contributed by atoms with Crippen molar-refractivity contribution in [3.63, 3.8) is 0 Å². The number of likely N-dealkylation sites (N-methyl/N-ethyl adjacent to an activating group) is 1. The Morgan fingerprint density at radius 1 is 1.12 bits per heavy atom. The third-order valence-electron chi connectivity index (χ3n) is 2.62. The lowest BCUT2D eigenvalue weighted by molar-refractivity contribution is 0.138. The van der Waals surface area contributed by atoms with Crippen molar-refractivity contribution in [3.8, 4) is 5.75 Å². The number of anilines is 1. The smallest absolute Gasteiger partial charge is 0.119 e. The second kappa shape index (κ2) is 7.92. The molecule has 4 nitrogen and oxygen atoms in total. The highest BCUT2D eigenvalue weighted by atomic mass is 16.5. The van der Waals surface area contributed by atoms with Crippen molar-refractivity contribution in [2.75, 3.05) is 45.7 Å². The van der Waals surface area contributed by atoms with Gasteiger partial charge in [0.2, 0.25) is 0 Å². The number of nitrogen functional groups attached to an aromatic ring is 1. The predicted octanol–water partition coefficient (Wildman–Crippen LogP) is 1.62. The van der Waals surface area contributed by atoms with Crippen LogP contribution in [0, 0.1) is 0 Å². The van der Waals surface area contributed by atoms with Crippen LogP contribution in [-0.2, 0) is 4.74 Å². The molecule has 0 bridgehead atoms. The van der Waals surface area contributed by atoms with Crippen molar-refractivity contribution in [2.45, 2.75) is 6.92 Å². The monoisotopic (exact) mass is 238 g/mol. The normalized spacial score (nSPS) is 10.8. The summed E-state index contributed by atoms with van der Waals surface area (Å²) in [4.78, 5) is 2.29. The first-order valence-corrected chi connectivity index (χ1v) is 5.96. The van der Waals surface area contributed by atoms with E-state index in [9.17, 15) is 0 Å². The minimum Gasteiger partial charge on any atom is -0.492 e. The maximum absolute atomic E-state index is 5.64. The number of rotatable bonds is 8. The number of nitrogens with zero attached hydrogens (tertiary/aromatic N) is 1. The number of benzene rings is 1. The van der Waals surface area contributed by atoms with E-state index in [2.05, 4.69) is 11.8 Å². The summed E-state index contributed by atoms with van der Waals surface area (Å²) in [6.07, 6.45) is 0. The maximum atomic E-state index is 5.64. The van der Waals surface area contributed by atoms with Gasteiger partial charge in [-0.2, -0.15) is 0 Å². The van der Waals surface area contributed by atoms with Crippen molar-refractivity contribution < 1.29 is 9.47 Å². The van der Waals surface area contributed by atoms with Crippen LogP contribution < -0.4 is 10.5 Å². The average Bonchev–Trinajstić information content (AvgIpc) is 2.36. The maximum Gasteiger partial charge on any atom is 0.119 e. The van der Waals surface area contributed by atoms with Crippen LogP contribution in [0.5, 0.6) is 5.75 Å². The molecule has 96 valence electrons. The molecule has 1 rings (SSSR count). The van der Waals surface area contributed by atoms with E-state index < -0.39 is 0 Å². The summed E-state index contributed by atoms with van der Waals surface area (Å²) in [5.74, 6) is 0.863. The summed E-state index contributed by atoms with van der Waals surface area (Å²) < 4.78 is 10.7. The summed E-state index contributed by atoms with van der Waals surface area (Å²) in [5.41, 5.74) is 6.36. The van der Waals surface area contributed by atoms with Gasteiger partial charge in [-0.05, 0) is 30.8 Å². The van der Waals surface area contributed by atoms with Gasteiger partial charge in [0, 0.05) is 25.9 Å². The Hall–Kier alpha value is -1.26. The van der Waals surface area contributed by atoms with Gasteiger partial charge in [0.25, 0.3) is 0 Å². The number of methoxy groups -OCH3 is 1. The molecule has 0 atom stereocenters. The summed E-state index contributed by atoms with van der Waals surface area (Å²) >= 11 is 0. The van der Waals surface area contributed by atoms with E-state index in [1.807, 2.05) is 24.3 Å². The molecule has 17 heavy (non-hydrogen) atoms. The predicted molar refractivity (Wildman–Crippen MR) is 70.3 cm³/mol. The lowest BCUT2D eigenvalue weighted by Crippen LogP contribution is -2.31. The lowest BCUT2D eigenvalue weighted by atomic mass is 10.3. The molecule has 0 aromatic heterocycles. The average molecular weight is 238 g/mol. The summed E-state index contributed by atoms with van der Waals surface area (Å²) in [5, 5.41) is 0. The SMILES string of the molecule is CCN(CCOC)CCOc1ccc(N)cc1. The third kappa shape index (κ3) is 5.56. The zero-order valence-electron chi connectivity index (χ0n) is 10.7. The van der Waals surface area contributed by atoms with Crippen molar-refractivity contribution in [1.82, 2.24) is 4.90 Å². The standard InChI is InChI=1S/C13H22N2O2/c1-3-15(8-10-16-2)9-11-17-13-6-4-12(14)5-7-13/h4-7H,3,8-11,14H2,1-2H3. The van der Waals surface area contributed by atoms with Crippen molar-refractivity contribution in [1.29, 1.82) is 0 Å². The first-order valence-electron chi connectivity index (χ1n) is 5.96. The van der Waals surface area contributed by atoms with E-state index in [-0.39, 0.29) is 0 Å². The first-order chi connectivity index (χ1) is 8.26. The van der Waals surface area contributed by atoms with Gasteiger partial charge in [0.15, 0.2) is 0 Å². The second-order valence-corrected chi connectivity index (χ2v) is 3.84. The van der Waals surface area contributed by atoms with Crippen LogP contribution in [0.1, 0.15) is 6.92 Å². The van der Waals surface area contributed by atoms with E-state index in [0.717, 1.165) is 37.7 Å². The molecular weight excluding hydrogens is 216 g/mol. The lowest BCUT2D eigenvalue weighted by Gasteiger charge is -2.19. The molecule has 2 N–H and O–H groups in total. The Morgan fingerprint density at radius 2 is 1.76 bits per heavy atom. The van der Waals surface area contributed by atoms with Gasteiger partial charge in [-0.25, -0.2) is 0 Å². The molecule has 0 saturated carbocycles. The summed E-state index contributed by atoms with van der Waals surface area (Å²) in [6, 6.07) is 7.47. The molecule has 0 unspecified atom stereocenters. The van der Waals surface area contributed by atoms with Crippen molar-refractivity contribution in [3.05, 3.63) is 24.3 Å². The highest BCUT2D eigenvalue weighted by Crippen LogP contribution is 2.12. The third-order valence-corrected chi connectivity index (χ3v) is 2.62. The molecule has 1 aromatic carbocycles. The van der Waals surface area contributed by atoms with E-state index in [1.165, 1.54) is 0 Å². The molecule has 0 heterocycles.